The van der Waals surface area contributed by atoms with E-state index in [9.17, 15) is 9.59 Å². The van der Waals surface area contributed by atoms with Crippen molar-refractivity contribution >= 4 is 17.5 Å². The van der Waals surface area contributed by atoms with Crippen molar-refractivity contribution in [3.05, 3.63) is 96.1 Å². The molecular formula is C24H24N2O3. The predicted molar refractivity (Wildman–Crippen MR) is 114 cm³/mol. The van der Waals surface area contributed by atoms with Crippen molar-refractivity contribution in [2.24, 2.45) is 0 Å². The maximum atomic E-state index is 12.4. The van der Waals surface area contributed by atoms with E-state index in [0.717, 1.165) is 11.1 Å². The number of carbonyl (C=O) groups excluding carboxylic acids is 2. The zero-order chi connectivity index (χ0) is 20.5. The fourth-order valence-electron chi connectivity index (χ4n) is 3.10. The lowest BCUT2D eigenvalue weighted by molar-refractivity contribution is -0.136. The fourth-order valence-corrected chi connectivity index (χ4v) is 3.10. The largest absolute Gasteiger partial charge is 0.492 e. The van der Waals surface area contributed by atoms with Crippen molar-refractivity contribution in [3.8, 4) is 5.75 Å². The van der Waals surface area contributed by atoms with Crippen LogP contribution in [0, 0.1) is 0 Å². The van der Waals surface area contributed by atoms with E-state index in [-0.39, 0.29) is 5.92 Å². The molecule has 0 fully saturated rings. The molecule has 0 saturated heterocycles. The van der Waals surface area contributed by atoms with Crippen LogP contribution in [-0.2, 0) is 9.59 Å². The van der Waals surface area contributed by atoms with E-state index >= 15 is 0 Å². The van der Waals surface area contributed by atoms with Gasteiger partial charge in [-0.3, -0.25) is 9.59 Å². The van der Waals surface area contributed by atoms with Crippen LogP contribution in [0.2, 0.25) is 0 Å². The summed E-state index contributed by atoms with van der Waals surface area (Å²) in [6.07, 6.45) is 0. The van der Waals surface area contributed by atoms with E-state index in [0.29, 0.717) is 24.6 Å². The number of nitrogens with one attached hydrogen (secondary N) is 2. The molecule has 2 N–H and O–H groups in total. The normalized spacial score (nSPS) is 10.4. The van der Waals surface area contributed by atoms with E-state index in [1.54, 1.807) is 18.2 Å². The average Bonchev–Trinajstić information content (AvgIpc) is 2.77. The zero-order valence-electron chi connectivity index (χ0n) is 16.3. The van der Waals surface area contributed by atoms with Gasteiger partial charge in [-0.2, -0.15) is 0 Å². The Hall–Kier alpha value is -3.60. The van der Waals surface area contributed by atoms with E-state index < -0.39 is 11.8 Å². The molecule has 148 valence electrons. The van der Waals surface area contributed by atoms with Gasteiger partial charge in [-0.15, -0.1) is 0 Å². The molecule has 0 unspecified atom stereocenters. The quantitative estimate of drug-likeness (QED) is 0.602. The second kappa shape index (κ2) is 10.1. The maximum absolute atomic E-state index is 12.4. The topological polar surface area (TPSA) is 67.4 Å². The van der Waals surface area contributed by atoms with Crippen molar-refractivity contribution in [3.63, 3.8) is 0 Å². The summed E-state index contributed by atoms with van der Waals surface area (Å²) in [6.45, 7) is 2.64. The highest BCUT2D eigenvalue weighted by molar-refractivity contribution is 6.39. The van der Waals surface area contributed by atoms with Gasteiger partial charge in [0.05, 0.1) is 12.3 Å². The third-order valence-corrected chi connectivity index (χ3v) is 4.51. The fraction of sp³-hybridized carbons (Fsp3) is 0.167. The summed E-state index contributed by atoms with van der Waals surface area (Å²) in [5.74, 6) is -0.933. The van der Waals surface area contributed by atoms with Crippen LogP contribution in [0.4, 0.5) is 5.69 Å². The number of ether oxygens (including phenoxy) is 1. The van der Waals surface area contributed by atoms with Crippen molar-refractivity contribution in [2.75, 3.05) is 18.5 Å². The van der Waals surface area contributed by atoms with Crippen molar-refractivity contribution in [2.45, 2.75) is 12.8 Å². The summed E-state index contributed by atoms with van der Waals surface area (Å²) in [5.41, 5.74) is 2.61. The van der Waals surface area contributed by atoms with E-state index in [1.807, 2.05) is 73.7 Å². The predicted octanol–water partition coefficient (Wildman–Crippen LogP) is 3.97. The Kier molecular flexibility index (Phi) is 7.00. The van der Waals surface area contributed by atoms with E-state index in [1.165, 1.54) is 0 Å². The molecule has 0 heterocycles. The Morgan fingerprint density at radius 2 is 1.34 bits per heavy atom. The highest BCUT2D eigenvalue weighted by Gasteiger charge is 2.19. The van der Waals surface area contributed by atoms with Crippen LogP contribution in [0.1, 0.15) is 24.0 Å². The van der Waals surface area contributed by atoms with Gasteiger partial charge >= 0.3 is 11.8 Å². The SMILES string of the molecule is CCOc1ccccc1NC(=O)C(=O)NCC(c1ccccc1)c1ccccc1. The Morgan fingerprint density at radius 3 is 1.93 bits per heavy atom. The summed E-state index contributed by atoms with van der Waals surface area (Å²) in [5, 5.41) is 5.38. The smallest absolute Gasteiger partial charge is 0.313 e. The number of hydrogen-bond donors (Lipinski definition) is 2. The minimum Gasteiger partial charge on any atom is -0.492 e. The molecule has 2 amide bonds. The number of amides is 2. The third-order valence-electron chi connectivity index (χ3n) is 4.51. The first kappa shape index (κ1) is 20.1. The Labute approximate surface area is 170 Å². The molecule has 0 saturated carbocycles. The second-order valence-corrected chi connectivity index (χ2v) is 6.47. The van der Waals surface area contributed by atoms with Crippen molar-refractivity contribution in [1.82, 2.24) is 5.32 Å². The highest BCUT2D eigenvalue weighted by Crippen LogP contribution is 2.25. The van der Waals surface area contributed by atoms with Crippen LogP contribution in [0.3, 0.4) is 0 Å². The first-order chi connectivity index (χ1) is 14.2. The van der Waals surface area contributed by atoms with Gasteiger partial charge in [0.15, 0.2) is 0 Å². The molecule has 3 rings (SSSR count). The van der Waals surface area contributed by atoms with Gasteiger partial charge in [0.1, 0.15) is 5.75 Å². The number of para-hydroxylation sites is 2. The summed E-state index contributed by atoms with van der Waals surface area (Å²) in [7, 11) is 0. The van der Waals surface area contributed by atoms with Gasteiger partial charge in [0, 0.05) is 12.5 Å². The van der Waals surface area contributed by atoms with Crippen molar-refractivity contribution < 1.29 is 14.3 Å². The monoisotopic (exact) mass is 388 g/mol. The number of hydrogen-bond acceptors (Lipinski definition) is 3. The van der Waals surface area contributed by atoms with E-state index in [4.69, 9.17) is 4.74 Å². The standard InChI is InChI=1S/C24H24N2O3/c1-2-29-22-16-10-9-15-21(22)26-24(28)23(27)25-17-20(18-11-5-3-6-12-18)19-13-7-4-8-14-19/h3-16,20H,2,17H2,1H3,(H,25,27)(H,26,28). The molecule has 3 aromatic carbocycles. The van der Waals surface area contributed by atoms with Crippen LogP contribution in [0.15, 0.2) is 84.9 Å². The molecule has 0 bridgehead atoms. The molecule has 29 heavy (non-hydrogen) atoms. The lowest BCUT2D eigenvalue weighted by Gasteiger charge is -2.19. The highest BCUT2D eigenvalue weighted by atomic mass is 16.5. The van der Waals surface area contributed by atoms with Crippen LogP contribution in [-0.4, -0.2) is 25.0 Å². The molecular weight excluding hydrogens is 364 g/mol. The van der Waals surface area contributed by atoms with Gasteiger partial charge in [0.25, 0.3) is 0 Å². The molecule has 0 aliphatic heterocycles. The molecule has 0 aromatic heterocycles. The number of carbonyl (C=O) groups is 2. The van der Waals surface area contributed by atoms with E-state index in [2.05, 4.69) is 10.6 Å². The molecule has 0 aliphatic rings. The number of rotatable bonds is 7. The van der Waals surface area contributed by atoms with Gasteiger partial charge < -0.3 is 15.4 Å². The minimum atomic E-state index is -0.725. The zero-order valence-corrected chi connectivity index (χ0v) is 16.3. The van der Waals surface area contributed by atoms with Gasteiger partial charge in [-0.05, 0) is 30.2 Å². The molecule has 0 aliphatic carbocycles. The van der Waals surface area contributed by atoms with Crippen molar-refractivity contribution in [1.29, 1.82) is 0 Å². The van der Waals surface area contributed by atoms with Crippen LogP contribution in [0.5, 0.6) is 5.75 Å². The second-order valence-electron chi connectivity index (χ2n) is 6.47. The third kappa shape index (κ3) is 5.45. The Bertz CT molecular complexity index is 903. The van der Waals surface area contributed by atoms with Crippen LogP contribution in [0.25, 0.3) is 0 Å². The molecule has 0 spiro atoms. The maximum Gasteiger partial charge on any atom is 0.313 e. The average molecular weight is 388 g/mol. The first-order valence-corrected chi connectivity index (χ1v) is 9.60. The summed E-state index contributed by atoms with van der Waals surface area (Å²) >= 11 is 0. The summed E-state index contributed by atoms with van der Waals surface area (Å²) in [4.78, 5) is 24.8. The van der Waals surface area contributed by atoms with Gasteiger partial charge in [-0.25, -0.2) is 0 Å². The molecule has 0 radical (unpaired) electrons. The van der Waals surface area contributed by atoms with Gasteiger partial charge in [0.2, 0.25) is 0 Å². The molecule has 5 heteroatoms. The minimum absolute atomic E-state index is 0.0511. The Balaban J connectivity index is 1.68. The molecule has 3 aromatic rings. The Morgan fingerprint density at radius 1 is 0.793 bits per heavy atom. The summed E-state index contributed by atoms with van der Waals surface area (Å²) < 4.78 is 5.49. The number of benzene rings is 3. The molecule has 5 nitrogen and oxygen atoms in total. The van der Waals surface area contributed by atoms with Crippen LogP contribution >= 0.6 is 0 Å². The van der Waals surface area contributed by atoms with Gasteiger partial charge in [-0.1, -0.05) is 72.8 Å². The number of anilines is 1. The lowest BCUT2D eigenvalue weighted by Crippen LogP contribution is -2.37. The first-order valence-electron chi connectivity index (χ1n) is 9.60. The molecule has 0 atom stereocenters. The lowest BCUT2D eigenvalue weighted by atomic mass is 9.91. The van der Waals surface area contributed by atoms with Crippen LogP contribution < -0.4 is 15.4 Å². The summed E-state index contributed by atoms with van der Waals surface area (Å²) in [6, 6.07) is 26.9.